The van der Waals surface area contributed by atoms with Gasteiger partial charge < -0.3 is 10.6 Å². The van der Waals surface area contributed by atoms with Crippen LogP contribution in [0.2, 0.25) is 0 Å². The number of hydrogen-bond donors (Lipinski definition) is 2. The highest BCUT2D eigenvalue weighted by Gasteiger charge is 2.53. The van der Waals surface area contributed by atoms with Gasteiger partial charge in [0.1, 0.15) is 0 Å². The third-order valence-corrected chi connectivity index (χ3v) is 10.8. The second-order valence-electron chi connectivity index (χ2n) is 12.1. The van der Waals surface area contributed by atoms with E-state index in [2.05, 4.69) is 38.3 Å². The van der Waals surface area contributed by atoms with Crippen LogP contribution in [0, 0.1) is 34.5 Å². The van der Waals surface area contributed by atoms with Gasteiger partial charge in [-0.05, 0) is 98.1 Å². The summed E-state index contributed by atoms with van der Waals surface area (Å²) in [5.74, 6) is 3.77. The molecule has 0 aromatic heterocycles. The van der Waals surface area contributed by atoms with Gasteiger partial charge >= 0.3 is 0 Å². The molecule has 0 aromatic rings. The minimum absolute atomic E-state index is 0.491. The number of thiocarbonyl (C=S) groups is 1. The van der Waals surface area contributed by atoms with Crippen LogP contribution in [-0.4, -0.2) is 18.2 Å². The molecular formula is C28H52N2S. The fraction of sp³-hybridized carbons (Fsp3) is 0.964. The molecule has 3 unspecified atom stereocenters. The minimum Gasteiger partial charge on any atom is -0.366 e. The highest BCUT2D eigenvalue weighted by molar-refractivity contribution is 7.80. The van der Waals surface area contributed by atoms with Crippen molar-refractivity contribution in [3.8, 4) is 0 Å². The molecule has 0 saturated heterocycles. The molecule has 31 heavy (non-hydrogen) atoms. The lowest BCUT2D eigenvalue weighted by Gasteiger charge is -2.59. The van der Waals surface area contributed by atoms with E-state index >= 15 is 0 Å². The van der Waals surface area contributed by atoms with Crippen molar-refractivity contribution in [1.29, 1.82) is 0 Å². The fourth-order valence-corrected chi connectivity index (χ4v) is 8.10. The Morgan fingerprint density at radius 3 is 1.77 bits per heavy atom. The van der Waals surface area contributed by atoms with Crippen LogP contribution < -0.4 is 10.6 Å². The second-order valence-corrected chi connectivity index (χ2v) is 12.5. The fourth-order valence-electron chi connectivity index (χ4n) is 7.93. The minimum atomic E-state index is 0.491. The van der Waals surface area contributed by atoms with E-state index in [1.165, 1.54) is 96.3 Å². The van der Waals surface area contributed by atoms with Crippen LogP contribution in [0.5, 0.6) is 0 Å². The molecule has 0 aliphatic heterocycles. The van der Waals surface area contributed by atoms with Crippen LogP contribution in [0.25, 0.3) is 0 Å². The molecule has 2 N–H and O–H groups in total. The van der Waals surface area contributed by atoms with Crippen LogP contribution in [0.3, 0.4) is 0 Å². The summed E-state index contributed by atoms with van der Waals surface area (Å²) in [6.45, 7) is 10.5. The molecule has 3 heteroatoms. The Balaban J connectivity index is 1.63. The first-order valence-electron chi connectivity index (χ1n) is 13.8. The van der Waals surface area contributed by atoms with Crippen LogP contribution >= 0.6 is 12.2 Å². The zero-order chi connectivity index (χ0) is 22.5. The summed E-state index contributed by atoms with van der Waals surface area (Å²) in [4.78, 5) is 0. The van der Waals surface area contributed by atoms with Crippen molar-refractivity contribution >= 4 is 17.3 Å². The topological polar surface area (TPSA) is 24.1 Å². The maximum Gasteiger partial charge on any atom is 0.166 e. The van der Waals surface area contributed by atoms with E-state index < -0.39 is 0 Å². The summed E-state index contributed by atoms with van der Waals surface area (Å²) < 4.78 is 0. The first-order chi connectivity index (χ1) is 14.8. The SMILES string of the molecule is CCC(C)(C1CCCCCC1)C1CCC1C(C)(C)C1CCCC(NC(=S)NC)CCC1. The van der Waals surface area contributed by atoms with Crippen molar-refractivity contribution < 1.29 is 0 Å². The molecule has 180 valence electrons. The Kier molecular flexibility index (Phi) is 9.15. The molecule has 3 rings (SSSR count). The lowest BCUT2D eigenvalue weighted by molar-refractivity contribution is -0.0970. The van der Waals surface area contributed by atoms with E-state index in [-0.39, 0.29) is 0 Å². The molecule has 0 radical (unpaired) electrons. The van der Waals surface area contributed by atoms with Crippen LogP contribution in [0.1, 0.15) is 124 Å². The number of nitrogens with one attached hydrogen (secondary N) is 2. The Morgan fingerprint density at radius 1 is 0.742 bits per heavy atom. The van der Waals surface area contributed by atoms with E-state index in [4.69, 9.17) is 12.2 Å². The van der Waals surface area contributed by atoms with Crippen LogP contribution in [0.15, 0.2) is 0 Å². The smallest absolute Gasteiger partial charge is 0.166 e. The van der Waals surface area contributed by atoms with Gasteiger partial charge in [-0.25, -0.2) is 0 Å². The molecule has 3 saturated carbocycles. The first-order valence-corrected chi connectivity index (χ1v) is 14.2. The lowest BCUT2D eigenvalue weighted by atomic mass is 9.46. The van der Waals surface area contributed by atoms with Crippen molar-refractivity contribution in [3.63, 3.8) is 0 Å². The summed E-state index contributed by atoms with van der Waals surface area (Å²) in [5, 5.41) is 7.44. The van der Waals surface area contributed by atoms with Crippen LogP contribution in [0.4, 0.5) is 0 Å². The zero-order valence-electron chi connectivity index (χ0n) is 21.4. The van der Waals surface area contributed by atoms with Gasteiger partial charge in [0.15, 0.2) is 5.11 Å². The summed E-state index contributed by atoms with van der Waals surface area (Å²) >= 11 is 5.35. The van der Waals surface area contributed by atoms with Crippen molar-refractivity contribution in [2.45, 2.75) is 130 Å². The molecule has 3 aliphatic rings. The standard InChI is InChI=1S/C28H52N2S/c1-6-28(4,22-13-9-7-8-10-14-22)25-20-19-24(25)27(2,3)21-15-11-17-23(18-12-16-21)30-26(31)29-5/h21-25H,6-20H2,1-5H3,(H2,29,30,31). The molecule has 3 fully saturated rings. The molecule has 0 heterocycles. The summed E-state index contributed by atoms with van der Waals surface area (Å²) in [6.07, 6.45) is 21.4. The number of hydrogen-bond acceptors (Lipinski definition) is 1. The average molecular weight is 449 g/mol. The third-order valence-electron chi connectivity index (χ3n) is 10.5. The molecule has 3 atom stereocenters. The maximum atomic E-state index is 5.35. The van der Waals surface area contributed by atoms with E-state index in [1.807, 2.05) is 7.05 Å². The van der Waals surface area contributed by atoms with Gasteiger partial charge in [0.05, 0.1) is 0 Å². The van der Waals surface area contributed by atoms with E-state index in [1.54, 1.807) is 0 Å². The molecule has 2 nitrogen and oxygen atoms in total. The lowest BCUT2D eigenvalue weighted by Crippen LogP contribution is -2.51. The Morgan fingerprint density at radius 2 is 1.29 bits per heavy atom. The van der Waals surface area contributed by atoms with Crippen molar-refractivity contribution in [2.75, 3.05) is 7.05 Å². The molecule has 0 aromatic carbocycles. The van der Waals surface area contributed by atoms with Gasteiger partial charge in [0.2, 0.25) is 0 Å². The second kappa shape index (κ2) is 11.2. The average Bonchev–Trinajstić information content (AvgIpc) is 2.98. The van der Waals surface area contributed by atoms with Gasteiger partial charge in [-0.2, -0.15) is 0 Å². The number of rotatable bonds is 6. The Labute approximate surface area is 199 Å². The summed E-state index contributed by atoms with van der Waals surface area (Å²) in [7, 11) is 1.92. The summed E-state index contributed by atoms with van der Waals surface area (Å²) in [6, 6.07) is 0.569. The normalized spacial score (nSPS) is 33.2. The van der Waals surface area contributed by atoms with Crippen molar-refractivity contribution in [2.24, 2.45) is 34.5 Å². The van der Waals surface area contributed by atoms with E-state index in [0.717, 1.165) is 28.8 Å². The monoisotopic (exact) mass is 448 g/mol. The van der Waals surface area contributed by atoms with Crippen LogP contribution in [-0.2, 0) is 0 Å². The van der Waals surface area contributed by atoms with Gasteiger partial charge in [-0.15, -0.1) is 0 Å². The van der Waals surface area contributed by atoms with Crippen molar-refractivity contribution in [3.05, 3.63) is 0 Å². The molecular weight excluding hydrogens is 396 g/mol. The molecule has 0 spiro atoms. The molecule has 3 aliphatic carbocycles. The quantitative estimate of drug-likeness (QED) is 0.319. The maximum absolute atomic E-state index is 5.35. The van der Waals surface area contributed by atoms with E-state index in [9.17, 15) is 0 Å². The van der Waals surface area contributed by atoms with Gasteiger partial charge in [-0.1, -0.05) is 72.6 Å². The highest BCUT2D eigenvalue weighted by Crippen LogP contribution is 2.61. The zero-order valence-corrected chi connectivity index (χ0v) is 22.2. The van der Waals surface area contributed by atoms with Gasteiger partial charge in [0.25, 0.3) is 0 Å². The largest absolute Gasteiger partial charge is 0.366 e. The predicted octanol–water partition coefficient (Wildman–Crippen LogP) is 7.86. The summed E-state index contributed by atoms with van der Waals surface area (Å²) in [5.41, 5.74) is 1.06. The predicted molar refractivity (Wildman–Crippen MR) is 139 cm³/mol. The molecule has 0 amide bonds. The Bertz CT molecular complexity index is 555. The van der Waals surface area contributed by atoms with Crippen molar-refractivity contribution in [1.82, 2.24) is 10.6 Å². The highest BCUT2D eigenvalue weighted by atomic mass is 32.1. The van der Waals surface area contributed by atoms with Gasteiger partial charge in [-0.3, -0.25) is 0 Å². The van der Waals surface area contributed by atoms with E-state index in [0.29, 0.717) is 16.9 Å². The first kappa shape index (κ1) is 25.3. The molecule has 0 bridgehead atoms. The van der Waals surface area contributed by atoms with Gasteiger partial charge in [0, 0.05) is 13.1 Å². The Hall–Kier alpha value is -0.310. The third kappa shape index (κ3) is 5.79.